The minimum atomic E-state index is -0.666. The van der Waals surface area contributed by atoms with Crippen molar-refractivity contribution in [3.05, 3.63) is 71.4 Å². The molecular weight excluding hydrogens is 404 g/mol. The first-order valence-corrected chi connectivity index (χ1v) is 11.1. The molecule has 32 heavy (non-hydrogen) atoms. The fourth-order valence-electron chi connectivity index (χ4n) is 4.34. The molecule has 2 N–H and O–H groups in total. The minimum absolute atomic E-state index is 0.116. The second-order valence-electron chi connectivity index (χ2n) is 7.95. The average Bonchev–Trinajstić information content (AvgIpc) is 3.34. The summed E-state index contributed by atoms with van der Waals surface area (Å²) in [6.45, 7) is 4.96. The highest BCUT2D eigenvalue weighted by atomic mass is 16.5. The molecule has 0 aliphatic carbocycles. The van der Waals surface area contributed by atoms with Crippen LogP contribution in [0.5, 0.6) is 5.75 Å². The number of unbranched alkanes of at least 4 members (excludes halogenated alkanes) is 2. The van der Waals surface area contributed by atoms with E-state index >= 15 is 0 Å². The molecule has 1 aliphatic rings. The Balaban J connectivity index is 1.86. The molecule has 1 unspecified atom stereocenters. The molecule has 1 amide bonds. The lowest BCUT2D eigenvalue weighted by molar-refractivity contribution is -0.139. The summed E-state index contributed by atoms with van der Waals surface area (Å²) in [6.07, 6.45) is 4.43. The number of hydrogen-bond acceptors (Lipinski definition) is 4. The minimum Gasteiger partial charge on any atom is -0.507 e. The van der Waals surface area contributed by atoms with Crippen LogP contribution in [-0.2, 0) is 9.59 Å². The molecule has 1 aromatic heterocycles. The van der Waals surface area contributed by atoms with Gasteiger partial charge in [-0.15, -0.1) is 0 Å². The lowest BCUT2D eigenvalue weighted by atomic mass is 9.95. The number of hydrogen-bond donors (Lipinski definition) is 2. The Kier molecular flexibility index (Phi) is 6.30. The quantitative estimate of drug-likeness (QED) is 0.222. The van der Waals surface area contributed by atoms with Crippen LogP contribution < -0.4 is 4.74 Å². The SMILES string of the molecule is CCCCCN1C(=O)C(=O)/C(=C(\O)c2c[nH]c3ccccc23)C1c1cccc(OCC)c1. The molecular formula is C26H28N2O4. The molecule has 166 valence electrons. The van der Waals surface area contributed by atoms with Crippen LogP contribution in [0.3, 0.4) is 0 Å². The number of para-hydroxylation sites is 1. The Bertz CT molecular complexity index is 1180. The van der Waals surface area contributed by atoms with Crippen molar-refractivity contribution >= 4 is 28.4 Å². The van der Waals surface area contributed by atoms with Crippen molar-refractivity contribution < 1.29 is 19.4 Å². The van der Waals surface area contributed by atoms with Crippen LogP contribution in [-0.4, -0.2) is 39.8 Å². The maximum Gasteiger partial charge on any atom is 0.295 e. The number of amides is 1. The summed E-state index contributed by atoms with van der Waals surface area (Å²) in [5.41, 5.74) is 2.22. The van der Waals surface area contributed by atoms with Crippen LogP contribution in [0.25, 0.3) is 16.7 Å². The lowest BCUT2D eigenvalue weighted by Crippen LogP contribution is -2.30. The van der Waals surface area contributed by atoms with E-state index < -0.39 is 17.7 Å². The summed E-state index contributed by atoms with van der Waals surface area (Å²) in [6, 6.07) is 14.3. The topological polar surface area (TPSA) is 82.6 Å². The van der Waals surface area contributed by atoms with Crippen LogP contribution in [0.4, 0.5) is 0 Å². The Labute approximate surface area is 187 Å². The second kappa shape index (κ2) is 9.30. The van der Waals surface area contributed by atoms with E-state index in [0.29, 0.717) is 24.5 Å². The highest BCUT2D eigenvalue weighted by molar-refractivity contribution is 6.46. The third kappa shape index (κ3) is 3.88. The molecule has 0 spiro atoms. The molecule has 6 nitrogen and oxygen atoms in total. The van der Waals surface area contributed by atoms with Gasteiger partial charge in [0.15, 0.2) is 0 Å². The zero-order valence-electron chi connectivity index (χ0n) is 18.4. The zero-order chi connectivity index (χ0) is 22.7. The van der Waals surface area contributed by atoms with E-state index in [1.54, 1.807) is 11.1 Å². The van der Waals surface area contributed by atoms with Gasteiger partial charge in [0.1, 0.15) is 11.5 Å². The summed E-state index contributed by atoms with van der Waals surface area (Å²) < 4.78 is 5.65. The number of nitrogens with zero attached hydrogens (tertiary/aromatic N) is 1. The van der Waals surface area contributed by atoms with E-state index in [1.807, 2.05) is 55.5 Å². The van der Waals surface area contributed by atoms with E-state index in [9.17, 15) is 14.7 Å². The molecule has 1 saturated heterocycles. The van der Waals surface area contributed by atoms with Crippen molar-refractivity contribution in [1.29, 1.82) is 0 Å². The van der Waals surface area contributed by atoms with Gasteiger partial charge in [-0.25, -0.2) is 0 Å². The van der Waals surface area contributed by atoms with Crippen LogP contribution in [0.2, 0.25) is 0 Å². The number of ether oxygens (including phenoxy) is 1. The number of aromatic amines is 1. The number of likely N-dealkylation sites (tertiary alicyclic amines) is 1. The van der Waals surface area contributed by atoms with Crippen LogP contribution >= 0.6 is 0 Å². The summed E-state index contributed by atoms with van der Waals surface area (Å²) >= 11 is 0. The van der Waals surface area contributed by atoms with Crippen molar-refractivity contribution in [2.24, 2.45) is 0 Å². The standard InChI is InChI=1S/C26H28N2O4/c1-3-5-8-14-28-23(17-10-9-11-18(15-17)32-4-2)22(25(30)26(28)31)24(29)20-16-27-21-13-7-6-12-19(20)21/h6-7,9-13,15-16,23,27,29H,3-5,8,14H2,1-2H3/b24-22-. The number of ketones is 1. The monoisotopic (exact) mass is 432 g/mol. The summed E-state index contributed by atoms with van der Waals surface area (Å²) in [5.74, 6) is -0.729. The van der Waals surface area contributed by atoms with Crippen LogP contribution in [0, 0.1) is 0 Å². The first kappa shape index (κ1) is 21.7. The van der Waals surface area contributed by atoms with Gasteiger partial charge in [0.05, 0.1) is 18.2 Å². The molecule has 1 aliphatic heterocycles. The van der Waals surface area contributed by atoms with Crippen LogP contribution in [0.15, 0.2) is 60.3 Å². The summed E-state index contributed by atoms with van der Waals surface area (Å²) in [7, 11) is 0. The van der Waals surface area contributed by atoms with Gasteiger partial charge in [-0.3, -0.25) is 9.59 Å². The smallest absolute Gasteiger partial charge is 0.295 e. The predicted molar refractivity (Wildman–Crippen MR) is 124 cm³/mol. The molecule has 0 radical (unpaired) electrons. The van der Waals surface area contributed by atoms with Gasteiger partial charge >= 0.3 is 0 Å². The number of carbonyl (C=O) groups is 2. The van der Waals surface area contributed by atoms with Crippen molar-refractivity contribution in [3.63, 3.8) is 0 Å². The lowest BCUT2D eigenvalue weighted by Gasteiger charge is -2.25. The first-order valence-electron chi connectivity index (χ1n) is 11.1. The Morgan fingerprint density at radius 3 is 2.69 bits per heavy atom. The number of aliphatic hydroxyl groups is 1. The first-order chi connectivity index (χ1) is 15.6. The number of aliphatic hydroxyl groups excluding tert-OH is 1. The number of Topliss-reactive ketones (excluding diaryl/α,β-unsaturated/α-hetero) is 1. The normalized spacial score (nSPS) is 17.9. The fourth-order valence-corrected chi connectivity index (χ4v) is 4.34. The number of aromatic nitrogens is 1. The Morgan fingerprint density at radius 1 is 1.09 bits per heavy atom. The van der Waals surface area contributed by atoms with Gasteiger partial charge in [0, 0.05) is 29.2 Å². The Morgan fingerprint density at radius 2 is 1.91 bits per heavy atom. The molecule has 1 fully saturated rings. The number of benzene rings is 2. The third-order valence-electron chi connectivity index (χ3n) is 5.87. The maximum atomic E-state index is 13.2. The van der Waals surface area contributed by atoms with E-state index in [4.69, 9.17) is 4.74 Å². The van der Waals surface area contributed by atoms with Crippen molar-refractivity contribution in [2.45, 2.75) is 39.2 Å². The molecule has 1 atom stereocenters. The van der Waals surface area contributed by atoms with Crippen molar-refractivity contribution in [2.75, 3.05) is 13.2 Å². The molecule has 2 heterocycles. The predicted octanol–water partition coefficient (Wildman–Crippen LogP) is 5.18. The van der Waals surface area contributed by atoms with Gasteiger partial charge in [-0.1, -0.05) is 50.1 Å². The van der Waals surface area contributed by atoms with E-state index in [1.165, 1.54) is 0 Å². The van der Waals surface area contributed by atoms with Gasteiger partial charge in [-0.05, 0) is 37.1 Å². The molecule has 4 rings (SSSR count). The number of rotatable bonds is 8. The zero-order valence-corrected chi connectivity index (χ0v) is 18.4. The fraction of sp³-hybridized carbons (Fsp3) is 0.308. The van der Waals surface area contributed by atoms with E-state index in [2.05, 4.69) is 11.9 Å². The molecule has 0 saturated carbocycles. The highest BCUT2D eigenvalue weighted by Crippen LogP contribution is 2.41. The number of fused-ring (bicyclic) bond motifs is 1. The van der Waals surface area contributed by atoms with Crippen LogP contribution in [0.1, 0.15) is 50.3 Å². The molecule has 2 aromatic carbocycles. The van der Waals surface area contributed by atoms with Gasteiger partial charge in [-0.2, -0.15) is 0 Å². The largest absolute Gasteiger partial charge is 0.507 e. The maximum absolute atomic E-state index is 13.2. The Hall–Kier alpha value is -3.54. The highest BCUT2D eigenvalue weighted by Gasteiger charge is 2.46. The number of nitrogens with one attached hydrogen (secondary N) is 1. The third-order valence-corrected chi connectivity index (χ3v) is 5.87. The summed E-state index contributed by atoms with van der Waals surface area (Å²) in [4.78, 5) is 30.9. The van der Waals surface area contributed by atoms with Gasteiger partial charge in [0.25, 0.3) is 11.7 Å². The van der Waals surface area contributed by atoms with Crippen molar-refractivity contribution in [3.8, 4) is 5.75 Å². The molecule has 6 heteroatoms. The summed E-state index contributed by atoms with van der Waals surface area (Å²) in [5, 5.41) is 12.1. The molecule has 0 bridgehead atoms. The average molecular weight is 433 g/mol. The van der Waals surface area contributed by atoms with Gasteiger partial charge < -0.3 is 19.7 Å². The van der Waals surface area contributed by atoms with Crippen molar-refractivity contribution in [1.82, 2.24) is 9.88 Å². The van der Waals surface area contributed by atoms with Gasteiger partial charge in [0.2, 0.25) is 0 Å². The number of H-pyrrole nitrogens is 1. The van der Waals surface area contributed by atoms with E-state index in [0.717, 1.165) is 35.7 Å². The van der Waals surface area contributed by atoms with E-state index in [-0.39, 0.29) is 11.3 Å². The number of carbonyl (C=O) groups excluding carboxylic acids is 2. The molecule has 3 aromatic rings. The second-order valence-corrected chi connectivity index (χ2v) is 7.95.